The SMILES string of the molecule is CCOC(=O)C(C)(N)CCCCOc1cc(C)cc(C)c1. The zero-order valence-electron chi connectivity index (χ0n) is 13.6. The Kier molecular flexibility index (Phi) is 6.69. The van der Waals surface area contributed by atoms with Crippen LogP contribution in [0, 0.1) is 13.8 Å². The first-order valence-electron chi connectivity index (χ1n) is 7.52. The molecule has 4 heteroatoms. The molecule has 0 saturated carbocycles. The second-order valence-corrected chi connectivity index (χ2v) is 5.77. The van der Waals surface area contributed by atoms with Crippen molar-refractivity contribution in [3.8, 4) is 5.75 Å². The maximum atomic E-state index is 11.6. The summed E-state index contributed by atoms with van der Waals surface area (Å²) in [4.78, 5) is 11.6. The van der Waals surface area contributed by atoms with Crippen LogP contribution in [0.15, 0.2) is 18.2 Å². The summed E-state index contributed by atoms with van der Waals surface area (Å²) in [5.74, 6) is 0.564. The Hall–Kier alpha value is -1.55. The molecule has 1 rings (SSSR count). The minimum Gasteiger partial charge on any atom is -0.494 e. The van der Waals surface area contributed by atoms with E-state index in [0.29, 0.717) is 19.6 Å². The predicted molar refractivity (Wildman–Crippen MR) is 84.5 cm³/mol. The minimum atomic E-state index is -0.907. The van der Waals surface area contributed by atoms with Crippen molar-refractivity contribution in [1.29, 1.82) is 0 Å². The molecule has 118 valence electrons. The smallest absolute Gasteiger partial charge is 0.325 e. The summed E-state index contributed by atoms with van der Waals surface area (Å²) in [5, 5.41) is 0. The summed E-state index contributed by atoms with van der Waals surface area (Å²) in [6.45, 7) is 8.60. The van der Waals surface area contributed by atoms with Gasteiger partial charge in [-0.2, -0.15) is 0 Å². The van der Waals surface area contributed by atoms with Crippen LogP contribution in [-0.2, 0) is 9.53 Å². The maximum Gasteiger partial charge on any atom is 0.325 e. The molecule has 1 unspecified atom stereocenters. The molecular weight excluding hydrogens is 266 g/mol. The third-order valence-corrected chi connectivity index (χ3v) is 3.30. The van der Waals surface area contributed by atoms with Gasteiger partial charge < -0.3 is 15.2 Å². The van der Waals surface area contributed by atoms with Gasteiger partial charge >= 0.3 is 5.97 Å². The van der Waals surface area contributed by atoms with Crippen molar-refractivity contribution in [1.82, 2.24) is 0 Å². The van der Waals surface area contributed by atoms with E-state index in [1.54, 1.807) is 13.8 Å². The number of aryl methyl sites for hydroxylation is 2. The standard InChI is InChI=1S/C17H27NO3/c1-5-20-16(19)17(4,18)8-6-7-9-21-15-11-13(2)10-14(3)12-15/h10-12H,5-9,18H2,1-4H3. The Morgan fingerprint density at radius 2 is 1.81 bits per heavy atom. The number of hydrogen-bond donors (Lipinski definition) is 1. The van der Waals surface area contributed by atoms with Crippen LogP contribution in [0.25, 0.3) is 0 Å². The number of nitrogens with two attached hydrogens (primary N) is 1. The monoisotopic (exact) mass is 293 g/mol. The fraction of sp³-hybridized carbons (Fsp3) is 0.588. The van der Waals surface area contributed by atoms with Crippen LogP contribution >= 0.6 is 0 Å². The average molecular weight is 293 g/mol. The lowest BCUT2D eigenvalue weighted by Crippen LogP contribution is -2.46. The number of esters is 1. The van der Waals surface area contributed by atoms with Gasteiger partial charge in [0, 0.05) is 0 Å². The van der Waals surface area contributed by atoms with Gasteiger partial charge in [0.15, 0.2) is 0 Å². The lowest BCUT2D eigenvalue weighted by atomic mass is 9.96. The van der Waals surface area contributed by atoms with Crippen LogP contribution in [-0.4, -0.2) is 24.7 Å². The van der Waals surface area contributed by atoms with Gasteiger partial charge in [0.05, 0.1) is 13.2 Å². The van der Waals surface area contributed by atoms with Crippen molar-refractivity contribution >= 4 is 5.97 Å². The minimum absolute atomic E-state index is 0.333. The van der Waals surface area contributed by atoms with Gasteiger partial charge in [-0.15, -0.1) is 0 Å². The van der Waals surface area contributed by atoms with Crippen molar-refractivity contribution < 1.29 is 14.3 Å². The Morgan fingerprint density at radius 1 is 1.19 bits per heavy atom. The highest BCUT2D eigenvalue weighted by molar-refractivity contribution is 5.79. The fourth-order valence-electron chi connectivity index (χ4n) is 2.20. The van der Waals surface area contributed by atoms with E-state index in [0.717, 1.165) is 18.6 Å². The third-order valence-electron chi connectivity index (χ3n) is 3.30. The second kappa shape index (κ2) is 8.03. The van der Waals surface area contributed by atoms with Gasteiger partial charge in [-0.3, -0.25) is 4.79 Å². The summed E-state index contributed by atoms with van der Waals surface area (Å²) in [5.41, 5.74) is 7.45. The van der Waals surface area contributed by atoms with E-state index in [4.69, 9.17) is 15.2 Å². The van der Waals surface area contributed by atoms with E-state index in [9.17, 15) is 4.79 Å². The zero-order valence-corrected chi connectivity index (χ0v) is 13.6. The van der Waals surface area contributed by atoms with Crippen LogP contribution in [0.1, 0.15) is 44.2 Å². The number of ether oxygens (including phenoxy) is 2. The van der Waals surface area contributed by atoms with Crippen molar-refractivity contribution in [3.05, 3.63) is 29.3 Å². The lowest BCUT2D eigenvalue weighted by Gasteiger charge is -2.22. The highest BCUT2D eigenvalue weighted by atomic mass is 16.5. The molecule has 0 spiro atoms. The number of carbonyl (C=O) groups excluding carboxylic acids is 1. The molecule has 1 atom stereocenters. The second-order valence-electron chi connectivity index (χ2n) is 5.77. The number of carbonyl (C=O) groups is 1. The fourth-order valence-corrected chi connectivity index (χ4v) is 2.20. The van der Waals surface area contributed by atoms with Crippen molar-refractivity contribution in [2.45, 2.75) is 52.5 Å². The summed E-state index contributed by atoms with van der Waals surface area (Å²) >= 11 is 0. The van der Waals surface area contributed by atoms with Crippen LogP contribution < -0.4 is 10.5 Å². The van der Waals surface area contributed by atoms with Gasteiger partial charge in [-0.25, -0.2) is 0 Å². The molecule has 0 radical (unpaired) electrons. The summed E-state index contributed by atoms with van der Waals surface area (Å²) in [7, 11) is 0. The van der Waals surface area contributed by atoms with Crippen molar-refractivity contribution in [3.63, 3.8) is 0 Å². The highest BCUT2D eigenvalue weighted by Crippen LogP contribution is 2.17. The Morgan fingerprint density at radius 3 is 2.38 bits per heavy atom. The summed E-state index contributed by atoms with van der Waals surface area (Å²) in [6, 6.07) is 6.17. The van der Waals surface area contributed by atoms with Gasteiger partial charge in [-0.05, 0) is 70.2 Å². The van der Waals surface area contributed by atoms with Crippen LogP contribution in [0.3, 0.4) is 0 Å². The average Bonchev–Trinajstić information content (AvgIpc) is 2.37. The van der Waals surface area contributed by atoms with Crippen LogP contribution in [0.5, 0.6) is 5.75 Å². The molecule has 0 aliphatic carbocycles. The molecule has 4 nitrogen and oxygen atoms in total. The van der Waals surface area contributed by atoms with E-state index >= 15 is 0 Å². The maximum absolute atomic E-state index is 11.6. The molecular formula is C17H27NO3. The third kappa shape index (κ3) is 6.17. The van der Waals surface area contributed by atoms with Gasteiger partial charge in [0.2, 0.25) is 0 Å². The van der Waals surface area contributed by atoms with E-state index in [1.165, 1.54) is 11.1 Å². The summed E-state index contributed by atoms with van der Waals surface area (Å²) < 4.78 is 10.7. The molecule has 0 heterocycles. The largest absolute Gasteiger partial charge is 0.494 e. The van der Waals surface area contributed by atoms with Crippen LogP contribution in [0.4, 0.5) is 0 Å². The molecule has 0 bridgehead atoms. The summed E-state index contributed by atoms with van der Waals surface area (Å²) in [6.07, 6.45) is 2.29. The first kappa shape index (κ1) is 17.5. The van der Waals surface area contributed by atoms with Gasteiger partial charge in [0.25, 0.3) is 0 Å². The number of benzene rings is 1. The number of rotatable bonds is 8. The molecule has 0 aromatic heterocycles. The Labute approximate surface area is 127 Å². The molecule has 0 saturated heterocycles. The van der Waals surface area contributed by atoms with Gasteiger partial charge in [0.1, 0.15) is 11.3 Å². The molecule has 0 aliphatic heterocycles. The quantitative estimate of drug-likeness (QED) is 0.591. The van der Waals surface area contributed by atoms with Crippen molar-refractivity contribution in [2.24, 2.45) is 5.73 Å². The molecule has 1 aromatic rings. The zero-order chi connectivity index (χ0) is 15.9. The molecule has 21 heavy (non-hydrogen) atoms. The normalized spacial score (nSPS) is 13.6. The number of hydrogen-bond acceptors (Lipinski definition) is 4. The first-order valence-corrected chi connectivity index (χ1v) is 7.52. The molecule has 0 fully saturated rings. The molecule has 1 aromatic carbocycles. The molecule has 2 N–H and O–H groups in total. The highest BCUT2D eigenvalue weighted by Gasteiger charge is 2.28. The lowest BCUT2D eigenvalue weighted by molar-refractivity contribution is -0.149. The predicted octanol–water partition coefficient (Wildman–Crippen LogP) is 3.13. The molecule has 0 aliphatic rings. The first-order chi connectivity index (χ1) is 9.85. The topological polar surface area (TPSA) is 61.5 Å². The number of unbranched alkanes of at least 4 members (excludes halogenated alkanes) is 1. The Balaban J connectivity index is 2.29. The van der Waals surface area contributed by atoms with Gasteiger partial charge in [-0.1, -0.05) is 6.07 Å². The van der Waals surface area contributed by atoms with E-state index < -0.39 is 5.54 Å². The van der Waals surface area contributed by atoms with E-state index in [1.807, 2.05) is 12.1 Å². The van der Waals surface area contributed by atoms with E-state index in [-0.39, 0.29) is 5.97 Å². The molecule has 0 amide bonds. The van der Waals surface area contributed by atoms with E-state index in [2.05, 4.69) is 19.9 Å². The van der Waals surface area contributed by atoms with Crippen LogP contribution in [0.2, 0.25) is 0 Å². The Bertz CT molecular complexity index is 449. The van der Waals surface area contributed by atoms with Crippen molar-refractivity contribution in [2.75, 3.05) is 13.2 Å².